The molecule has 0 unspecified atom stereocenters. The maximum absolute atomic E-state index is 12.3. The molecule has 0 spiro atoms. The number of carbonyl (C=O) groups excluding carboxylic acids is 3. The van der Waals surface area contributed by atoms with Gasteiger partial charge in [-0.3, -0.25) is 9.59 Å². The molecule has 0 bridgehead atoms. The van der Waals surface area contributed by atoms with E-state index in [2.05, 4.69) is 10.6 Å². The van der Waals surface area contributed by atoms with Gasteiger partial charge in [0.25, 0.3) is 11.8 Å². The van der Waals surface area contributed by atoms with E-state index < -0.39 is 5.97 Å². The van der Waals surface area contributed by atoms with Crippen LogP contribution in [0.1, 0.15) is 27.6 Å². The number of carbonyl (C=O) groups is 3. The lowest BCUT2D eigenvalue weighted by Crippen LogP contribution is -2.20. The maximum atomic E-state index is 12.3. The lowest BCUT2D eigenvalue weighted by molar-refractivity contribution is -0.118. The van der Waals surface area contributed by atoms with E-state index in [1.54, 1.807) is 79.7 Å². The van der Waals surface area contributed by atoms with Crippen LogP contribution in [-0.2, 0) is 9.53 Å². The minimum Gasteiger partial charge on any atom is -0.484 e. The number of nitrogens with one attached hydrogen (secondary N) is 2. The highest BCUT2D eigenvalue weighted by molar-refractivity contribution is 6.30. The molecule has 0 saturated carbocycles. The van der Waals surface area contributed by atoms with E-state index in [-0.39, 0.29) is 18.4 Å². The van der Waals surface area contributed by atoms with E-state index in [4.69, 9.17) is 21.1 Å². The van der Waals surface area contributed by atoms with Crippen molar-refractivity contribution in [3.63, 3.8) is 0 Å². The maximum Gasteiger partial charge on any atom is 0.338 e. The van der Waals surface area contributed by atoms with Crippen LogP contribution in [0.4, 0.5) is 11.4 Å². The predicted octanol–water partition coefficient (Wildman–Crippen LogP) is 4.79. The van der Waals surface area contributed by atoms with Crippen LogP contribution in [-0.4, -0.2) is 31.0 Å². The third-order valence-corrected chi connectivity index (χ3v) is 4.52. The number of amides is 2. The smallest absolute Gasteiger partial charge is 0.338 e. The number of ether oxygens (including phenoxy) is 2. The molecule has 7 nitrogen and oxygen atoms in total. The third kappa shape index (κ3) is 6.58. The van der Waals surface area contributed by atoms with Crippen LogP contribution in [0.2, 0.25) is 5.02 Å². The Morgan fingerprint density at radius 3 is 1.97 bits per heavy atom. The molecule has 0 fully saturated rings. The summed E-state index contributed by atoms with van der Waals surface area (Å²) in [6.07, 6.45) is 0. The fourth-order valence-corrected chi connectivity index (χ4v) is 2.82. The molecule has 0 heterocycles. The van der Waals surface area contributed by atoms with Crippen molar-refractivity contribution >= 4 is 40.8 Å². The molecule has 2 amide bonds. The zero-order valence-corrected chi connectivity index (χ0v) is 18.0. The lowest BCUT2D eigenvalue weighted by atomic mass is 10.2. The molecule has 3 rings (SSSR count). The topological polar surface area (TPSA) is 93.7 Å². The number of hydrogen-bond acceptors (Lipinski definition) is 5. The summed E-state index contributed by atoms with van der Waals surface area (Å²) in [5, 5.41) is 6.04. The Morgan fingerprint density at radius 1 is 0.781 bits per heavy atom. The van der Waals surface area contributed by atoms with E-state index >= 15 is 0 Å². The van der Waals surface area contributed by atoms with Crippen LogP contribution in [0, 0.1) is 0 Å². The van der Waals surface area contributed by atoms with Gasteiger partial charge in [0, 0.05) is 22.0 Å². The standard InChI is InChI=1S/C24H21ClN2O5/c1-2-31-24(30)17-3-9-19(10-4-17)26-22(28)15-32-21-13-5-16(6-14-21)23(29)27-20-11-7-18(25)8-12-20/h3-14H,2,15H2,1H3,(H,26,28)(H,27,29). The summed E-state index contributed by atoms with van der Waals surface area (Å²) in [5.74, 6) is -0.610. The summed E-state index contributed by atoms with van der Waals surface area (Å²) in [6.45, 7) is 1.81. The first kappa shape index (κ1) is 22.8. The molecular formula is C24H21ClN2O5. The Morgan fingerprint density at radius 2 is 1.34 bits per heavy atom. The predicted molar refractivity (Wildman–Crippen MR) is 122 cm³/mol. The van der Waals surface area contributed by atoms with Gasteiger partial charge in [0.05, 0.1) is 12.2 Å². The molecule has 2 N–H and O–H groups in total. The normalized spacial score (nSPS) is 10.2. The molecule has 0 aliphatic heterocycles. The SMILES string of the molecule is CCOC(=O)c1ccc(NC(=O)COc2ccc(C(=O)Nc3ccc(Cl)cc3)cc2)cc1. The van der Waals surface area contributed by atoms with Crippen LogP contribution in [0.5, 0.6) is 5.75 Å². The summed E-state index contributed by atoms with van der Waals surface area (Å²) in [7, 11) is 0. The van der Waals surface area contributed by atoms with Crippen molar-refractivity contribution in [2.75, 3.05) is 23.8 Å². The van der Waals surface area contributed by atoms with Crippen LogP contribution in [0.25, 0.3) is 0 Å². The van der Waals surface area contributed by atoms with Crippen LogP contribution < -0.4 is 15.4 Å². The molecule has 0 atom stereocenters. The van der Waals surface area contributed by atoms with E-state index in [1.807, 2.05) is 0 Å². The first-order valence-electron chi connectivity index (χ1n) is 9.81. The van der Waals surface area contributed by atoms with Gasteiger partial charge in [-0.15, -0.1) is 0 Å². The van der Waals surface area contributed by atoms with Crippen LogP contribution in [0.15, 0.2) is 72.8 Å². The number of anilines is 2. The van der Waals surface area contributed by atoms with Crippen molar-refractivity contribution in [1.29, 1.82) is 0 Å². The van der Waals surface area contributed by atoms with Crippen LogP contribution >= 0.6 is 11.6 Å². The van der Waals surface area contributed by atoms with Gasteiger partial charge in [-0.1, -0.05) is 11.6 Å². The molecule has 164 valence electrons. The molecule has 3 aromatic carbocycles. The number of rotatable bonds is 8. The average molecular weight is 453 g/mol. The average Bonchev–Trinajstić information content (AvgIpc) is 2.80. The lowest BCUT2D eigenvalue weighted by Gasteiger charge is -2.09. The summed E-state index contributed by atoms with van der Waals surface area (Å²) < 4.78 is 10.4. The monoisotopic (exact) mass is 452 g/mol. The number of halogens is 1. The molecule has 0 aliphatic carbocycles. The van der Waals surface area contributed by atoms with Crippen molar-refractivity contribution in [2.45, 2.75) is 6.92 Å². The molecule has 3 aromatic rings. The molecule has 0 radical (unpaired) electrons. The van der Waals surface area contributed by atoms with Crippen molar-refractivity contribution in [3.05, 3.63) is 88.9 Å². The van der Waals surface area contributed by atoms with Crippen LogP contribution in [0.3, 0.4) is 0 Å². The quantitative estimate of drug-likeness (QED) is 0.479. The number of hydrogen-bond donors (Lipinski definition) is 2. The Labute approximate surface area is 190 Å². The second-order valence-electron chi connectivity index (χ2n) is 6.62. The summed E-state index contributed by atoms with van der Waals surface area (Å²) in [5.41, 5.74) is 2.01. The van der Waals surface area contributed by atoms with Crippen molar-refractivity contribution in [2.24, 2.45) is 0 Å². The van der Waals surface area contributed by atoms with E-state index in [0.717, 1.165) is 0 Å². The van der Waals surface area contributed by atoms with Gasteiger partial charge < -0.3 is 20.1 Å². The second-order valence-corrected chi connectivity index (χ2v) is 7.06. The van der Waals surface area contributed by atoms with Gasteiger partial charge in [0.15, 0.2) is 6.61 Å². The minimum absolute atomic E-state index is 0.212. The highest BCUT2D eigenvalue weighted by atomic mass is 35.5. The fourth-order valence-electron chi connectivity index (χ4n) is 2.69. The summed E-state index contributed by atoms with van der Waals surface area (Å²) in [4.78, 5) is 36.1. The van der Waals surface area contributed by atoms with Crippen molar-refractivity contribution < 1.29 is 23.9 Å². The second kappa shape index (κ2) is 11.0. The first-order chi connectivity index (χ1) is 15.4. The van der Waals surface area contributed by atoms with E-state index in [1.165, 1.54) is 0 Å². The highest BCUT2D eigenvalue weighted by Crippen LogP contribution is 2.17. The zero-order valence-electron chi connectivity index (χ0n) is 17.3. The Kier molecular flexibility index (Phi) is 7.83. The largest absolute Gasteiger partial charge is 0.484 e. The zero-order chi connectivity index (χ0) is 22.9. The fraction of sp³-hybridized carbons (Fsp3) is 0.125. The first-order valence-corrected chi connectivity index (χ1v) is 10.2. The van der Waals surface area contributed by atoms with Gasteiger partial charge in [-0.05, 0) is 79.7 Å². The van der Waals surface area contributed by atoms with Gasteiger partial charge in [0.1, 0.15) is 5.75 Å². The number of benzene rings is 3. The van der Waals surface area contributed by atoms with Crippen molar-refractivity contribution in [3.8, 4) is 5.75 Å². The van der Waals surface area contributed by atoms with Gasteiger partial charge >= 0.3 is 5.97 Å². The van der Waals surface area contributed by atoms with Gasteiger partial charge in [0.2, 0.25) is 0 Å². The molecule has 0 aliphatic rings. The van der Waals surface area contributed by atoms with Gasteiger partial charge in [-0.2, -0.15) is 0 Å². The number of esters is 1. The van der Waals surface area contributed by atoms with E-state index in [0.29, 0.717) is 39.9 Å². The Balaban J connectivity index is 1.48. The van der Waals surface area contributed by atoms with E-state index in [9.17, 15) is 14.4 Å². The molecule has 0 saturated heterocycles. The Bertz CT molecular complexity index is 1080. The minimum atomic E-state index is -0.418. The Hall–Kier alpha value is -3.84. The molecule has 0 aromatic heterocycles. The highest BCUT2D eigenvalue weighted by Gasteiger charge is 2.09. The summed E-state index contributed by atoms with van der Waals surface area (Å²) in [6, 6.07) is 19.6. The van der Waals surface area contributed by atoms with Crippen molar-refractivity contribution in [1.82, 2.24) is 0 Å². The molecule has 8 heteroatoms. The summed E-state index contributed by atoms with van der Waals surface area (Å²) >= 11 is 5.84. The molecule has 32 heavy (non-hydrogen) atoms. The molecular weight excluding hydrogens is 432 g/mol. The van der Waals surface area contributed by atoms with Gasteiger partial charge in [-0.25, -0.2) is 4.79 Å². The third-order valence-electron chi connectivity index (χ3n) is 4.27.